The number of thiocarbonyl (C=S) groups is 1. The van der Waals surface area contributed by atoms with Gasteiger partial charge in [-0.25, -0.2) is 4.79 Å². The van der Waals surface area contributed by atoms with Crippen LogP contribution in [0.15, 0.2) is 60.7 Å². The van der Waals surface area contributed by atoms with Crippen LogP contribution >= 0.6 is 35.2 Å². The van der Waals surface area contributed by atoms with Crippen LogP contribution in [-0.2, 0) is 17.7 Å². The molecule has 1 N–H and O–H groups in total. The van der Waals surface area contributed by atoms with Crippen molar-refractivity contribution in [3.63, 3.8) is 0 Å². The number of anilines is 1. The molecule has 2 heterocycles. The molecule has 0 atom stereocenters. The van der Waals surface area contributed by atoms with Crippen molar-refractivity contribution in [1.82, 2.24) is 9.80 Å². The van der Waals surface area contributed by atoms with Gasteiger partial charge in [0, 0.05) is 49.0 Å². The van der Waals surface area contributed by atoms with Crippen LogP contribution in [0.1, 0.15) is 26.4 Å². The van der Waals surface area contributed by atoms with Gasteiger partial charge in [-0.05, 0) is 41.5 Å². The standard InChI is InChI=1S/C25H26ClN3O2S2/c1-31-24(30)22-16-21(15-18-6-3-2-4-7-18)33-23(22)27-25(32)29-12-10-28(11-13-29)17-19-8-5-9-20(26)14-19/h2-9,14,16H,10-13,15,17H2,1H3,(H,27,32). The summed E-state index contributed by atoms with van der Waals surface area (Å²) < 4.78 is 5.00. The molecule has 0 unspecified atom stereocenters. The Balaban J connectivity index is 1.38. The highest BCUT2D eigenvalue weighted by Crippen LogP contribution is 2.31. The third-order valence-electron chi connectivity index (χ3n) is 5.58. The third kappa shape index (κ3) is 6.32. The number of hydrogen-bond donors (Lipinski definition) is 1. The van der Waals surface area contributed by atoms with E-state index in [-0.39, 0.29) is 5.97 Å². The molecule has 1 aromatic heterocycles. The summed E-state index contributed by atoms with van der Waals surface area (Å²) in [5.74, 6) is -0.359. The first-order chi connectivity index (χ1) is 16.0. The SMILES string of the molecule is COC(=O)c1cc(Cc2ccccc2)sc1NC(=S)N1CCN(Cc2cccc(Cl)c2)CC1. The first-order valence-electron chi connectivity index (χ1n) is 10.8. The van der Waals surface area contributed by atoms with E-state index in [1.54, 1.807) is 11.3 Å². The van der Waals surface area contributed by atoms with Crippen LogP contribution in [0.2, 0.25) is 5.02 Å². The lowest BCUT2D eigenvalue weighted by molar-refractivity contribution is 0.0602. The number of ether oxygens (including phenoxy) is 1. The van der Waals surface area contributed by atoms with E-state index >= 15 is 0 Å². The number of carbonyl (C=O) groups is 1. The van der Waals surface area contributed by atoms with Crippen LogP contribution in [0.25, 0.3) is 0 Å². The minimum absolute atomic E-state index is 0.359. The van der Waals surface area contributed by atoms with Crippen molar-refractivity contribution in [2.24, 2.45) is 0 Å². The van der Waals surface area contributed by atoms with Crippen LogP contribution < -0.4 is 5.32 Å². The summed E-state index contributed by atoms with van der Waals surface area (Å²) in [5, 5.41) is 5.45. The van der Waals surface area contributed by atoms with Gasteiger partial charge in [0.05, 0.1) is 12.7 Å². The molecule has 1 saturated heterocycles. The fraction of sp³-hybridized carbons (Fsp3) is 0.280. The van der Waals surface area contributed by atoms with Crippen molar-refractivity contribution >= 4 is 51.2 Å². The average Bonchev–Trinajstić information content (AvgIpc) is 3.21. The van der Waals surface area contributed by atoms with Crippen LogP contribution in [0, 0.1) is 0 Å². The number of esters is 1. The molecule has 0 bridgehead atoms. The number of carbonyl (C=O) groups excluding carboxylic acids is 1. The molecule has 33 heavy (non-hydrogen) atoms. The fourth-order valence-corrected chi connectivity index (χ4v) is 5.50. The molecule has 0 amide bonds. The quantitative estimate of drug-likeness (QED) is 0.367. The second kappa shape index (κ2) is 11.1. The van der Waals surface area contributed by atoms with E-state index < -0.39 is 0 Å². The van der Waals surface area contributed by atoms with Gasteiger partial charge in [-0.2, -0.15) is 0 Å². The molecule has 1 fully saturated rings. The van der Waals surface area contributed by atoms with Gasteiger partial charge >= 0.3 is 5.97 Å². The maximum Gasteiger partial charge on any atom is 0.340 e. The first kappa shape index (κ1) is 23.7. The lowest BCUT2D eigenvalue weighted by Crippen LogP contribution is -2.49. The topological polar surface area (TPSA) is 44.8 Å². The Bertz CT molecular complexity index is 1110. The summed E-state index contributed by atoms with van der Waals surface area (Å²) in [7, 11) is 1.40. The Hall–Kier alpha value is -2.45. The number of nitrogens with one attached hydrogen (secondary N) is 1. The number of halogens is 1. The molecule has 4 rings (SSSR count). The Morgan fingerprint density at radius 1 is 1.06 bits per heavy atom. The molecule has 172 valence electrons. The summed E-state index contributed by atoms with van der Waals surface area (Å²) in [6, 6.07) is 20.1. The molecule has 0 aliphatic carbocycles. The Morgan fingerprint density at radius 3 is 2.48 bits per heavy atom. The monoisotopic (exact) mass is 499 g/mol. The summed E-state index contributed by atoms with van der Waals surface area (Å²) in [5.41, 5.74) is 2.93. The maximum atomic E-state index is 12.4. The maximum absolute atomic E-state index is 12.4. The normalized spacial score (nSPS) is 14.2. The van der Waals surface area contributed by atoms with Gasteiger partial charge in [0.1, 0.15) is 5.00 Å². The van der Waals surface area contributed by atoms with Crippen LogP contribution in [-0.4, -0.2) is 54.2 Å². The second-order valence-corrected chi connectivity index (χ2v) is 9.89. The summed E-state index contributed by atoms with van der Waals surface area (Å²) in [6.45, 7) is 4.32. The van der Waals surface area contributed by atoms with Crippen LogP contribution in [0.5, 0.6) is 0 Å². The lowest BCUT2D eigenvalue weighted by Gasteiger charge is -2.36. The van der Waals surface area contributed by atoms with Crippen molar-refractivity contribution in [2.45, 2.75) is 13.0 Å². The van der Waals surface area contributed by atoms with Gasteiger partial charge in [0.25, 0.3) is 0 Å². The van der Waals surface area contributed by atoms with Gasteiger partial charge in [-0.1, -0.05) is 54.1 Å². The zero-order valence-electron chi connectivity index (χ0n) is 18.4. The van der Waals surface area contributed by atoms with Crippen molar-refractivity contribution in [3.8, 4) is 0 Å². The van der Waals surface area contributed by atoms with Gasteiger partial charge in [-0.3, -0.25) is 4.90 Å². The number of thiophene rings is 1. The largest absolute Gasteiger partial charge is 0.465 e. The van der Waals surface area contributed by atoms with Crippen molar-refractivity contribution in [1.29, 1.82) is 0 Å². The van der Waals surface area contributed by atoms with Gasteiger partial charge in [-0.15, -0.1) is 11.3 Å². The molecule has 1 aliphatic rings. The average molecular weight is 500 g/mol. The molecule has 0 radical (unpaired) electrons. The predicted octanol–water partition coefficient (Wildman–Crippen LogP) is 5.29. The van der Waals surface area contributed by atoms with Crippen molar-refractivity contribution in [3.05, 3.63) is 87.3 Å². The highest BCUT2D eigenvalue weighted by atomic mass is 35.5. The second-order valence-electron chi connectivity index (χ2n) is 7.93. The summed E-state index contributed by atoms with van der Waals surface area (Å²) in [6.07, 6.45) is 0.756. The Morgan fingerprint density at radius 2 is 1.79 bits per heavy atom. The molecule has 2 aromatic carbocycles. The zero-order chi connectivity index (χ0) is 23.2. The van der Waals surface area contributed by atoms with E-state index in [0.29, 0.717) is 10.7 Å². The van der Waals surface area contributed by atoms with Crippen LogP contribution in [0.4, 0.5) is 5.00 Å². The van der Waals surface area contributed by atoms with Gasteiger partial charge in [0.15, 0.2) is 5.11 Å². The molecular formula is C25H26ClN3O2S2. The number of piperazine rings is 1. The highest BCUT2D eigenvalue weighted by Gasteiger charge is 2.22. The van der Waals surface area contributed by atoms with E-state index in [1.807, 2.05) is 42.5 Å². The molecule has 3 aromatic rings. The van der Waals surface area contributed by atoms with E-state index in [4.69, 9.17) is 28.6 Å². The fourth-order valence-electron chi connectivity index (χ4n) is 3.86. The lowest BCUT2D eigenvalue weighted by atomic mass is 10.1. The van der Waals surface area contributed by atoms with Gasteiger partial charge < -0.3 is 15.0 Å². The number of hydrogen-bond acceptors (Lipinski definition) is 5. The van der Waals surface area contributed by atoms with Crippen LogP contribution in [0.3, 0.4) is 0 Å². The van der Waals surface area contributed by atoms with E-state index in [2.05, 4.69) is 33.3 Å². The molecule has 0 saturated carbocycles. The number of methoxy groups -OCH3 is 1. The predicted molar refractivity (Wildman–Crippen MR) is 139 cm³/mol. The summed E-state index contributed by atoms with van der Waals surface area (Å²) in [4.78, 5) is 18.0. The third-order valence-corrected chi connectivity index (χ3v) is 7.23. The van der Waals surface area contributed by atoms with Gasteiger partial charge in [0.2, 0.25) is 0 Å². The summed E-state index contributed by atoms with van der Waals surface area (Å²) >= 11 is 13.4. The van der Waals surface area contributed by atoms with E-state index in [9.17, 15) is 4.79 Å². The smallest absolute Gasteiger partial charge is 0.340 e. The minimum atomic E-state index is -0.359. The highest BCUT2D eigenvalue weighted by molar-refractivity contribution is 7.80. The Labute approximate surface area is 208 Å². The molecule has 0 spiro atoms. The molecule has 5 nitrogen and oxygen atoms in total. The first-order valence-corrected chi connectivity index (χ1v) is 12.4. The van der Waals surface area contributed by atoms with E-state index in [1.165, 1.54) is 18.2 Å². The molecule has 1 aliphatic heterocycles. The zero-order valence-corrected chi connectivity index (χ0v) is 20.8. The number of nitrogens with zero attached hydrogens (tertiary/aromatic N) is 2. The number of benzene rings is 2. The minimum Gasteiger partial charge on any atom is -0.465 e. The molecule has 8 heteroatoms. The number of rotatable bonds is 6. The van der Waals surface area contributed by atoms with E-state index in [0.717, 1.165) is 54.0 Å². The van der Waals surface area contributed by atoms with Crippen molar-refractivity contribution in [2.75, 3.05) is 38.6 Å². The van der Waals surface area contributed by atoms with Crippen molar-refractivity contribution < 1.29 is 9.53 Å². The molecular weight excluding hydrogens is 474 g/mol. The Kier molecular flexibility index (Phi) is 7.98.